The maximum Gasteiger partial charge on any atom is 0.255 e. The average Bonchev–Trinajstić information content (AvgIpc) is 2.94. The predicted molar refractivity (Wildman–Crippen MR) is 98.7 cm³/mol. The van der Waals surface area contributed by atoms with Gasteiger partial charge in [0.1, 0.15) is 0 Å². The molecule has 0 aromatic heterocycles. The number of rotatable bonds is 3. The van der Waals surface area contributed by atoms with Crippen LogP contribution in [0.2, 0.25) is 0 Å². The molecule has 1 heterocycles. The summed E-state index contributed by atoms with van der Waals surface area (Å²) in [6.07, 6.45) is 5.11. The Morgan fingerprint density at radius 1 is 0.885 bits per heavy atom. The van der Waals surface area contributed by atoms with E-state index in [9.17, 15) is 14.4 Å². The third-order valence-corrected chi connectivity index (χ3v) is 4.91. The zero-order valence-corrected chi connectivity index (χ0v) is 14.1. The van der Waals surface area contributed by atoms with Crippen LogP contribution in [0.1, 0.15) is 23.2 Å². The van der Waals surface area contributed by atoms with Crippen LogP contribution in [0.15, 0.2) is 66.7 Å². The Bertz CT molecular complexity index is 878. The fourth-order valence-electron chi connectivity index (χ4n) is 3.57. The molecule has 0 saturated carbocycles. The first kappa shape index (κ1) is 16.3. The lowest BCUT2D eigenvalue weighted by molar-refractivity contribution is -0.122. The Hall–Kier alpha value is -3.21. The number of para-hydroxylation sites is 1. The highest BCUT2D eigenvalue weighted by molar-refractivity contribution is 6.22. The molecule has 26 heavy (non-hydrogen) atoms. The molecule has 3 amide bonds. The zero-order valence-electron chi connectivity index (χ0n) is 14.1. The van der Waals surface area contributed by atoms with Gasteiger partial charge < -0.3 is 5.32 Å². The lowest BCUT2D eigenvalue weighted by Crippen LogP contribution is -2.31. The lowest BCUT2D eigenvalue weighted by atomic mass is 9.85. The summed E-state index contributed by atoms with van der Waals surface area (Å²) >= 11 is 0. The second kappa shape index (κ2) is 6.59. The number of benzene rings is 2. The molecule has 5 heteroatoms. The van der Waals surface area contributed by atoms with Gasteiger partial charge in [-0.05, 0) is 43.2 Å². The molecule has 4 rings (SSSR count). The SMILES string of the molecule is O=C(Nc1ccccc1)c1cccc(N2C(=O)C3CC=CCC3C2=O)c1. The van der Waals surface area contributed by atoms with E-state index < -0.39 is 0 Å². The van der Waals surface area contributed by atoms with E-state index >= 15 is 0 Å². The number of amides is 3. The van der Waals surface area contributed by atoms with Crippen molar-refractivity contribution < 1.29 is 14.4 Å². The molecule has 1 aliphatic carbocycles. The van der Waals surface area contributed by atoms with Gasteiger partial charge in [-0.1, -0.05) is 36.4 Å². The second-order valence-electron chi connectivity index (χ2n) is 6.54. The summed E-state index contributed by atoms with van der Waals surface area (Å²) in [7, 11) is 0. The van der Waals surface area contributed by atoms with E-state index in [1.54, 1.807) is 36.4 Å². The van der Waals surface area contributed by atoms with Crippen molar-refractivity contribution in [2.45, 2.75) is 12.8 Å². The maximum absolute atomic E-state index is 12.7. The topological polar surface area (TPSA) is 66.5 Å². The van der Waals surface area contributed by atoms with Crippen molar-refractivity contribution in [2.75, 3.05) is 10.2 Å². The van der Waals surface area contributed by atoms with Crippen LogP contribution in [0.4, 0.5) is 11.4 Å². The van der Waals surface area contributed by atoms with E-state index in [2.05, 4.69) is 5.32 Å². The number of anilines is 2. The molecule has 2 unspecified atom stereocenters. The van der Waals surface area contributed by atoms with Crippen LogP contribution in [-0.4, -0.2) is 17.7 Å². The summed E-state index contributed by atoms with van der Waals surface area (Å²) in [6.45, 7) is 0. The summed E-state index contributed by atoms with van der Waals surface area (Å²) in [5.41, 5.74) is 1.54. The Kier molecular flexibility index (Phi) is 4.13. The van der Waals surface area contributed by atoms with Gasteiger partial charge in [0.05, 0.1) is 17.5 Å². The highest BCUT2D eigenvalue weighted by atomic mass is 16.2. The van der Waals surface area contributed by atoms with E-state index in [1.807, 2.05) is 30.4 Å². The molecule has 5 nitrogen and oxygen atoms in total. The zero-order chi connectivity index (χ0) is 18.1. The normalized spacial score (nSPS) is 21.6. The van der Waals surface area contributed by atoms with Crippen molar-refractivity contribution >= 4 is 29.1 Å². The van der Waals surface area contributed by atoms with Crippen LogP contribution in [0, 0.1) is 11.8 Å². The number of nitrogens with one attached hydrogen (secondary N) is 1. The number of carbonyl (C=O) groups is 3. The number of carbonyl (C=O) groups excluding carboxylic acids is 3. The van der Waals surface area contributed by atoms with E-state index in [0.29, 0.717) is 29.8 Å². The smallest absolute Gasteiger partial charge is 0.255 e. The van der Waals surface area contributed by atoms with Gasteiger partial charge in [0.15, 0.2) is 0 Å². The monoisotopic (exact) mass is 346 g/mol. The van der Waals surface area contributed by atoms with Crippen LogP contribution >= 0.6 is 0 Å². The van der Waals surface area contributed by atoms with Crippen molar-refractivity contribution in [3.63, 3.8) is 0 Å². The van der Waals surface area contributed by atoms with Gasteiger partial charge in [-0.25, -0.2) is 0 Å². The van der Waals surface area contributed by atoms with Gasteiger partial charge >= 0.3 is 0 Å². The van der Waals surface area contributed by atoms with Crippen molar-refractivity contribution in [3.05, 3.63) is 72.3 Å². The minimum Gasteiger partial charge on any atom is -0.322 e. The Morgan fingerprint density at radius 2 is 1.54 bits per heavy atom. The van der Waals surface area contributed by atoms with Gasteiger partial charge in [-0.2, -0.15) is 0 Å². The summed E-state index contributed by atoms with van der Waals surface area (Å²) in [6, 6.07) is 15.8. The van der Waals surface area contributed by atoms with Crippen LogP contribution < -0.4 is 10.2 Å². The predicted octanol–water partition coefficient (Wildman–Crippen LogP) is 3.39. The van der Waals surface area contributed by atoms with E-state index in [4.69, 9.17) is 0 Å². The molecule has 0 bridgehead atoms. The summed E-state index contributed by atoms with van der Waals surface area (Å²) in [4.78, 5) is 39.1. The van der Waals surface area contributed by atoms with Gasteiger partial charge in [-0.3, -0.25) is 19.3 Å². The third-order valence-electron chi connectivity index (χ3n) is 4.91. The van der Waals surface area contributed by atoms with E-state index in [0.717, 1.165) is 0 Å². The minimum atomic E-state index is -0.283. The quantitative estimate of drug-likeness (QED) is 0.684. The Morgan fingerprint density at radius 3 is 2.19 bits per heavy atom. The second-order valence-corrected chi connectivity index (χ2v) is 6.54. The summed E-state index contributed by atoms with van der Waals surface area (Å²) in [5, 5.41) is 2.81. The molecule has 1 N–H and O–H groups in total. The number of nitrogens with zero attached hydrogens (tertiary/aromatic N) is 1. The number of imide groups is 1. The number of fused-ring (bicyclic) bond motifs is 1. The minimum absolute atomic E-state index is 0.176. The molecule has 130 valence electrons. The van der Waals surface area contributed by atoms with E-state index in [-0.39, 0.29) is 29.6 Å². The first-order valence-corrected chi connectivity index (χ1v) is 8.64. The van der Waals surface area contributed by atoms with Crippen LogP contribution in [0.5, 0.6) is 0 Å². The number of hydrogen-bond donors (Lipinski definition) is 1. The maximum atomic E-state index is 12.7. The van der Waals surface area contributed by atoms with Crippen LogP contribution in [0.3, 0.4) is 0 Å². The molecule has 1 fully saturated rings. The van der Waals surface area contributed by atoms with Gasteiger partial charge in [0.2, 0.25) is 11.8 Å². The van der Waals surface area contributed by atoms with Crippen molar-refractivity contribution in [1.29, 1.82) is 0 Å². The van der Waals surface area contributed by atoms with Gasteiger partial charge in [0, 0.05) is 11.3 Å². The standard InChI is InChI=1S/C21H18N2O3/c24-19(22-15-8-2-1-3-9-15)14-7-6-10-16(13-14)23-20(25)17-11-4-5-12-18(17)21(23)26/h1-10,13,17-18H,11-12H2,(H,22,24). The van der Waals surface area contributed by atoms with Gasteiger partial charge in [-0.15, -0.1) is 0 Å². The van der Waals surface area contributed by atoms with Crippen molar-refractivity contribution in [1.82, 2.24) is 0 Å². The lowest BCUT2D eigenvalue weighted by Gasteiger charge is -2.16. The molecule has 1 saturated heterocycles. The van der Waals surface area contributed by atoms with Crippen LogP contribution in [-0.2, 0) is 9.59 Å². The van der Waals surface area contributed by atoms with Crippen molar-refractivity contribution in [2.24, 2.45) is 11.8 Å². The fourth-order valence-corrected chi connectivity index (χ4v) is 3.57. The largest absolute Gasteiger partial charge is 0.322 e. The molecular weight excluding hydrogens is 328 g/mol. The summed E-state index contributed by atoms with van der Waals surface area (Å²) < 4.78 is 0. The molecule has 0 radical (unpaired) electrons. The average molecular weight is 346 g/mol. The number of hydrogen-bond acceptors (Lipinski definition) is 3. The van der Waals surface area contributed by atoms with Crippen LogP contribution in [0.25, 0.3) is 0 Å². The summed E-state index contributed by atoms with van der Waals surface area (Å²) in [5.74, 6) is -1.20. The Labute approximate surface area is 151 Å². The molecule has 2 atom stereocenters. The van der Waals surface area contributed by atoms with E-state index in [1.165, 1.54) is 4.90 Å². The molecule has 2 aliphatic rings. The first-order valence-electron chi connectivity index (χ1n) is 8.64. The highest BCUT2D eigenvalue weighted by Gasteiger charge is 2.47. The Balaban J connectivity index is 1.59. The van der Waals surface area contributed by atoms with Gasteiger partial charge in [0.25, 0.3) is 5.91 Å². The fraction of sp³-hybridized carbons (Fsp3) is 0.190. The molecular formula is C21H18N2O3. The first-order chi connectivity index (χ1) is 12.6. The number of allylic oxidation sites excluding steroid dienone is 2. The molecule has 1 aliphatic heterocycles. The molecule has 2 aromatic carbocycles. The van der Waals surface area contributed by atoms with Crippen molar-refractivity contribution in [3.8, 4) is 0 Å². The highest BCUT2D eigenvalue weighted by Crippen LogP contribution is 2.37. The third kappa shape index (κ3) is 2.81. The molecule has 0 spiro atoms. The molecule has 2 aromatic rings.